The van der Waals surface area contributed by atoms with E-state index in [1.165, 1.54) is 0 Å². The number of likely N-dealkylation sites (tertiary alicyclic amines) is 1. The lowest BCUT2D eigenvalue weighted by atomic mass is 9.96. The van der Waals surface area contributed by atoms with Crippen LogP contribution in [-0.4, -0.2) is 29.8 Å². The minimum absolute atomic E-state index is 0.0810. The maximum Gasteiger partial charge on any atom is 0.163 e. The molecule has 1 atom stereocenters. The predicted molar refractivity (Wildman–Crippen MR) is 45.4 cm³/mol. The smallest absolute Gasteiger partial charge is 0.163 e. The SMILES string of the molecule is CC(C)N1CCC(C#N)C(=O)C1. The second-order valence-electron chi connectivity index (χ2n) is 3.50. The Labute approximate surface area is 73.0 Å². The van der Waals surface area contributed by atoms with E-state index in [1.807, 2.05) is 6.07 Å². The monoisotopic (exact) mass is 166 g/mol. The van der Waals surface area contributed by atoms with Crippen molar-refractivity contribution in [3.05, 3.63) is 0 Å². The van der Waals surface area contributed by atoms with Crippen molar-refractivity contribution in [3.8, 4) is 6.07 Å². The Morgan fingerprint density at radius 3 is 2.75 bits per heavy atom. The van der Waals surface area contributed by atoms with Crippen LogP contribution in [0.15, 0.2) is 0 Å². The Bertz CT molecular complexity index is 217. The van der Waals surface area contributed by atoms with E-state index in [0.717, 1.165) is 6.54 Å². The average Bonchev–Trinajstić information content (AvgIpc) is 2.04. The highest BCUT2D eigenvalue weighted by Gasteiger charge is 2.27. The fourth-order valence-electron chi connectivity index (χ4n) is 1.42. The number of rotatable bonds is 1. The van der Waals surface area contributed by atoms with Crippen LogP contribution in [0.5, 0.6) is 0 Å². The molecule has 0 saturated carbocycles. The van der Waals surface area contributed by atoms with Gasteiger partial charge in [0, 0.05) is 12.6 Å². The van der Waals surface area contributed by atoms with Crippen molar-refractivity contribution in [2.75, 3.05) is 13.1 Å². The molecule has 0 aromatic carbocycles. The number of Topliss-reactive ketones (excluding diaryl/α,β-unsaturated/α-hetero) is 1. The lowest BCUT2D eigenvalue weighted by Gasteiger charge is -2.30. The van der Waals surface area contributed by atoms with Crippen molar-refractivity contribution in [1.82, 2.24) is 4.90 Å². The lowest BCUT2D eigenvalue weighted by Crippen LogP contribution is -2.43. The molecule has 0 aromatic rings. The van der Waals surface area contributed by atoms with Crippen LogP contribution in [-0.2, 0) is 4.79 Å². The Morgan fingerprint density at radius 1 is 1.67 bits per heavy atom. The predicted octanol–water partition coefficient (Wildman–Crippen LogP) is 0.809. The van der Waals surface area contributed by atoms with E-state index in [0.29, 0.717) is 19.0 Å². The van der Waals surface area contributed by atoms with E-state index in [-0.39, 0.29) is 11.7 Å². The summed E-state index contributed by atoms with van der Waals surface area (Å²) in [7, 11) is 0. The van der Waals surface area contributed by atoms with Gasteiger partial charge in [-0.3, -0.25) is 9.69 Å². The van der Waals surface area contributed by atoms with Gasteiger partial charge in [0.2, 0.25) is 0 Å². The Morgan fingerprint density at radius 2 is 2.33 bits per heavy atom. The zero-order valence-corrected chi connectivity index (χ0v) is 7.58. The van der Waals surface area contributed by atoms with Gasteiger partial charge < -0.3 is 0 Å². The van der Waals surface area contributed by atoms with Crippen molar-refractivity contribution in [2.24, 2.45) is 5.92 Å². The summed E-state index contributed by atoms with van der Waals surface area (Å²) in [6, 6.07) is 2.45. The quantitative estimate of drug-likeness (QED) is 0.579. The largest absolute Gasteiger partial charge is 0.297 e. The van der Waals surface area contributed by atoms with Gasteiger partial charge in [0.15, 0.2) is 5.78 Å². The zero-order chi connectivity index (χ0) is 9.14. The average molecular weight is 166 g/mol. The number of nitriles is 1. The zero-order valence-electron chi connectivity index (χ0n) is 7.58. The first-order chi connectivity index (χ1) is 5.65. The lowest BCUT2D eigenvalue weighted by molar-refractivity contribution is -0.125. The number of nitrogens with zero attached hydrogens (tertiary/aromatic N) is 2. The van der Waals surface area contributed by atoms with Gasteiger partial charge in [-0.2, -0.15) is 5.26 Å². The highest BCUT2D eigenvalue weighted by Crippen LogP contribution is 2.14. The van der Waals surface area contributed by atoms with Gasteiger partial charge in [-0.15, -0.1) is 0 Å². The van der Waals surface area contributed by atoms with Gasteiger partial charge in [-0.25, -0.2) is 0 Å². The molecule has 3 nitrogen and oxygen atoms in total. The standard InChI is InChI=1S/C9H14N2O/c1-7(2)11-4-3-8(5-10)9(12)6-11/h7-8H,3-4,6H2,1-2H3. The summed E-state index contributed by atoms with van der Waals surface area (Å²) >= 11 is 0. The maximum atomic E-state index is 11.3. The first kappa shape index (κ1) is 9.21. The van der Waals surface area contributed by atoms with E-state index in [2.05, 4.69) is 18.7 Å². The summed E-state index contributed by atoms with van der Waals surface area (Å²) in [5, 5.41) is 8.60. The molecule has 0 spiro atoms. The number of carbonyl (C=O) groups is 1. The molecule has 0 bridgehead atoms. The first-order valence-corrected chi connectivity index (χ1v) is 4.31. The van der Waals surface area contributed by atoms with E-state index in [9.17, 15) is 4.79 Å². The fraction of sp³-hybridized carbons (Fsp3) is 0.778. The van der Waals surface area contributed by atoms with Crippen LogP contribution in [0.1, 0.15) is 20.3 Å². The van der Waals surface area contributed by atoms with Gasteiger partial charge >= 0.3 is 0 Å². The molecular formula is C9H14N2O. The van der Waals surface area contributed by atoms with E-state index in [1.54, 1.807) is 0 Å². The van der Waals surface area contributed by atoms with Gasteiger partial charge in [-0.1, -0.05) is 0 Å². The maximum absolute atomic E-state index is 11.3. The number of piperidine rings is 1. The van der Waals surface area contributed by atoms with Gasteiger partial charge in [0.05, 0.1) is 12.6 Å². The second kappa shape index (κ2) is 3.68. The van der Waals surface area contributed by atoms with Crippen molar-refractivity contribution in [1.29, 1.82) is 5.26 Å². The minimum atomic E-state index is -0.347. The highest BCUT2D eigenvalue weighted by atomic mass is 16.1. The van der Waals surface area contributed by atoms with Gasteiger partial charge in [-0.05, 0) is 20.3 Å². The Hall–Kier alpha value is -0.880. The van der Waals surface area contributed by atoms with Crippen molar-refractivity contribution >= 4 is 5.78 Å². The van der Waals surface area contributed by atoms with Gasteiger partial charge in [0.1, 0.15) is 5.92 Å². The molecule has 66 valence electrons. The molecule has 1 aliphatic heterocycles. The van der Waals surface area contributed by atoms with Crippen LogP contribution in [0.3, 0.4) is 0 Å². The van der Waals surface area contributed by atoms with E-state index < -0.39 is 0 Å². The molecule has 3 heteroatoms. The number of hydrogen-bond donors (Lipinski definition) is 0. The van der Waals surface area contributed by atoms with Gasteiger partial charge in [0.25, 0.3) is 0 Å². The van der Waals surface area contributed by atoms with Crippen molar-refractivity contribution in [3.63, 3.8) is 0 Å². The molecule has 1 heterocycles. The third-order valence-electron chi connectivity index (χ3n) is 2.34. The molecule has 0 N–H and O–H groups in total. The van der Waals surface area contributed by atoms with Crippen LogP contribution in [0, 0.1) is 17.2 Å². The molecule has 1 saturated heterocycles. The highest BCUT2D eigenvalue weighted by molar-refractivity contribution is 5.85. The molecule has 0 aromatic heterocycles. The van der Waals surface area contributed by atoms with Crippen molar-refractivity contribution in [2.45, 2.75) is 26.3 Å². The molecule has 0 aliphatic carbocycles. The molecule has 0 amide bonds. The third kappa shape index (κ3) is 1.83. The van der Waals surface area contributed by atoms with Crippen LogP contribution in [0.4, 0.5) is 0 Å². The third-order valence-corrected chi connectivity index (χ3v) is 2.34. The summed E-state index contributed by atoms with van der Waals surface area (Å²) in [6.07, 6.45) is 0.702. The molecule has 1 rings (SSSR count). The molecule has 0 radical (unpaired) electrons. The Balaban J connectivity index is 2.53. The topological polar surface area (TPSA) is 44.1 Å². The minimum Gasteiger partial charge on any atom is -0.297 e. The first-order valence-electron chi connectivity index (χ1n) is 4.31. The van der Waals surface area contributed by atoms with Crippen LogP contribution in [0.2, 0.25) is 0 Å². The van der Waals surface area contributed by atoms with E-state index in [4.69, 9.17) is 5.26 Å². The fourth-order valence-corrected chi connectivity index (χ4v) is 1.42. The number of ketones is 1. The normalized spacial score (nSPS) is 25.8. The number of hydrogen-bond acceptors (Lipinski definition) is 3. The molecule has 1 aliphatic rings. The molecular weight excluding hydrogens is 152 g/mol. The van der Waals surface area contributed by atoms with Crippen LogP contribution in [0.25, 0.3) is 0 Å². The second-order valence-corrected chi connectivity index (χ2v) is 3.50. The van der Waals surface area contributed by atoms with Crippen LogP contribution >= 0.6 is 0 Å². The van der Waals surface area contributed by atoms with Crippen LogP contribution < -0.4 is 0 Å². The summed E-state index contributed by atoms with van der Waals surface area (Å²) in [6.45, 7) is 5.47. The molecule has 1 fully saturated rings. The van der Waals surface area contributed by atoms with Crippen molar-refractivity contribution < 1.29 is 4.79 Å². The summed E-state index contributed by atoms with van der Waals surface area (Å²) in [4.78, 5) is 13.4. The number of carbonyl (C=O) groups excluding carboxylic acids is 1. The molecule has 12 heavy (non-hydrogen) atoms. The summed E-state index contributed by atoms with van der Waals surface area (Å²) < 4.78 is 0. The van der Waals surface area contributed by atoms with E-state index >= 15 is 0 Å². The molecule has 1 unspecified atom stereocenters. The summed E-state index contributed by atoms with van der Waals surface area (Å²) in [5.74, 6) is -0.266. The Kier molecular flexibility index (Phi) is 2.83. The summed E-state index contributed by atoms with van der Waals surface area (Å²) in [5.41, 5.74) is 0.